The van der Waals surface area contributed by atoms with E-state index >= 15 is 0 Å². The van der Waals surface area contributed by atoms with Crippen molar-refractivity contribution in [3.63, 3.8) is 0 Å². The van der Waals surface area contributed by atoms with Gasteiger partial charge in [-0.25, -0.2) is 9.59 Å². The number of hydrogen-bond acceptors (Lipinski definition) is 4. The topological polar surface area (TPSA) is 52.6 Å². The number of ether oxygens (including phenoxy) is 2. The maximum Gasteiger partial charge on any atom is 0.338 e. The van der Waals surface area contributed by atoms with Crippen LogP contribution in [0.15, 0.2) is 109 Å². The third-order valence-electron chi connectivity index (χ3n) is 9.54. The normalized spacial score (nSPS) is 24.3. The van der Waals surface area contributed by atoms with Crippen molar-refractivity contribution in [1.29, 1.82) is 0 Å². The van der Waals surface area contributed by atoms with E-state index in [1.165, 1.54) is 0 Å². The lowest BCUT2D eigenvalue weighted by Gasteiger charge is -2.68. The molecule has 214 valence electrons. The Labute approximate surface area is 248 Å². The number of benzene rings is 4. The van der Waals surface area contributed by atoms with E-state index in [1.807, 2.05) is 36.4 Å². The number of esters is 2. The van der Waals surface area contributed by atoms with Crippen LogP contribution in [0.1, 0.15) is 84.5 Å². The molecule has 2 atom stereocenters. The van der Waals surface area contributed by atoms with Gasteiger partial charge in [0, 0.05) is 0 Å². The quantitative estimate of drug-likeness (QED) is 0.237. The molecule has 0 radical (unpaired) electrons. The van der Waals surface area contributed by atoms with E-state index in [1.54, 1.807) is 24.3 Å². The Bertz CT molecular complexity index is 1470. The van der Waals surface area contributed by atoms with Crippen LogP contribution in [0.2, 0.25) is 0 Å². The molecule has 0 spiro atoms. The third-order valence-corrected chi connectivity index (χ3v) is 9.54. The smallest absolute Gasteiger partial charge is 0.338 e. The molecule has 0 heterocycles. The summed E-state index contributed by atoms with van der Waals surface area (Å²) in [6, 6.07) is 35.1. The third kappa shape index (κ3) is 3.74. The van der Waals surface area contributed by atoms with Crippen LogP contribution in [-0.2, 0) is 20.3 Å². The van der Waals surface area contributed by atoms with Crippen molar-refractivity contribution >= 4 is 11.9 Å². The Hall–Kier alpha value is -4.18. The van der Waals surface area contributed by atoms with Crippen LogP contribution in [0.25, 0.3) is 0 Å². The van der Waals surface area contributed by atoms with E-state index in [0.717, 1.165) is 22.3 Å². The summed E-state index contributed by atoms with van der Waals surface area (Å²) < 4.78 is 13.4. The van der Waals surface area contributed by atoms with Crippen LogP contribution >= 0.6 is 0 Å². The number of fused-ring (bicyclic) bond motifs is 1. The molecule has 3 aliphatic carbocycles. The highest BCUT2D eigenvalue weighted by Crippen LogP contribution is 2.70. The molecule has 0 aromatic heterocycles. The van der Waals surface area contributed by atoms with Crippen molar-refractivity contribution in [2.75, 3.05) is 0 Å². The highest BCUT2D eigenvalue weighted by molar-refractivity contribution is 5.91. The number of hydrogen-bond donors (Lipinski definition) is 0. The zero-order valence-electron chi connectivity index (χ0n) is 25.2. The fourth-order valence-electron chi connectivity index (χ4n) is 7.98. The minimum atomic E-state index is -0.806. The Kier molecular flexibility index (Phi) is 6.45. The lowest BCUT2D eigenvalue weighted by Crippen LogP contribution is -2.74. The average molecular weight is 559 g/mol. The largest absolute Gasteiger partial charge is 0.453 e. The number of carbonyl (C=O) groups excluding carboxylic acids is 2. The molecule has 7 rings (SSSR count). The van der Waals surface area contributed by atoms with E-state index in [9.17, 15) is 9.59 Å². The molecule has 0 N–H and O–H groups in total. The second-order valence-corrected chi connectivity index (χ2v) is 13.6. The molecule has 4 aromatic rings. The summed E-state index contributed by atoms with van der Waals surface area (Å²) in [5.41, 5.74) is 2.88. The predicted octanol–water partition coefficient (Wildman–Crippen LogP) is 8.13. The summed E-state index contributed by atoms with van der Waals surface area (Å²) in [4.78, 5) is 28.0. The maximum atomic E-state index is 14.0. The van der Waals surface area contributed by atoms with Crippen LogP contribution in [0.4, 0.5) is 0 Å². The van der Waals surface area contributed by atoms with Gasteiger partial charge in [-0.05, 0) is 57.3 Å². The molecule has 4 aromatic carbocycles. The molecule has 0 saturated carbocycles. The molecule has 2 bridgehead atoms. The van der Waals surface area contributed by atoms with Gasteiger partial charge in [0.1, 0.15) is 0 Å². The van der Waals surface area contributed by atoms with Gasteiger partial charge < -0.3 is 9.47 Å². The van der Waals surface area contributed by atoms with E-state index in [4.69, 9.17) is 9.47 Å². The summed E-state index contributed by atoms with van der Waals surface area (Å²) >= 11 is 0. The summed E-state index contributed by atoms with van der Waals surface area (Å²) in [5, 5.41) is 0. The van der Waals surface area contributed by atoms with Gasteiger partial charge >= 0.3 is 11.9 Å². The molecule has 3 aliphatic rings. The first kappa shape index (κ1) is 28.0. The Morgan fingerprint density at radius 2 is 0.738 bits per heavy atom. The predicted molar refractivity (Wildman–Crippen MR) is 165 cm³/mol. The zero-order valence-corrected chi connectivity index (χ0v) is 25.2. The summed E-state index contributed by atoms with van der Waals surface area (Å²) in [5.74, 6) is -0.867. The van der Waals surface area contributed by atoms with Gasteiger partial charge in [0.2, 0.25) is 0 Å². The summed E-state index contributed by atoms with van der Waals surface area (Å²) in [6.45, 7) is 13.1. The van der Waals surface area contributed by atoms with E-state index in [0.29, 0.717) is 11.1 Å². The van der Waals surface area contributed by atoms with Gasteiger partial charge in [-0.3, -0.25) is 0 Å². The highest BCUT2D eigenvalue weighted by atomic mass is 16.6. The molecule has 0 amide bonds. The Morgan fingerprint density at radius 3 is 1.00 bits per heavy atom. The lowest BCUT2D eigenvalue weighted by molar-refractivity contribution is -0.137. The fraction of sp³-hybridized carbons (Fsp3) is 0.316. The maximum absolute atomic E-state index is 14.0. The standard InChI is InChI=1S/C38H38O4/c1-35(2,3)37-27-21-13-15-23-29(27)38(36(4,5)6,30-24-16-14-22-28(30)37)32(42-34(40)26-19-11-8-12-20-26)31(37)41-33(39)25-17-9-7-10-18-25/h7-24,31-32H,1-6H3. The Morgan fingerprint density at radius 1 is 0.476 bits per heavy atom. The first-order valence-corrected chi connectivity index (χ1v) is 14.7. The monoisotopic (exact) mass is 558 g/mol. The van der Waals surface area contributed by atoms with Crippen molar-refractivity contribution < 1.29 is 19.1 Å². The van der Waals surface area contributed by atoms with Gasteiger partial charge in [-0.15, -0.1) is 0 Å². The van der Waals surface area contributed by atoms with Crippen LogP contribution in [0.3, 0.4) is 0 Å². The van der Waals surface area contributed by atoms with Crippen molar-refractivity contribution in [3.8, 4) is 0 Å². The minimum Gasteiger partial charge on any atom is -0.453 e. The molecule has 0 saturated heterocycles. The van der Waals surface area contributed by atoms with Crippen LogP contribution < -0.4 is 0 Å². The van der Waals surface area contributed by atoms with Crippen molar-refractivity contribution in [1.82, 2.24) is 0 Å². The van der Waals surface area contributed by atoms with Gasteiger partial charge in [0.15, 0.2) is 12.2 Å². The van der Waals surface area contributed by atoms with Crippen molar-refractivity contribution in [2.45, 2.75) is 64.6 Å². The SMILES string of the molecule is CC(C)(C)C12c3ccccc3C(C(C)(C)C)(c3ccccc31)C(OC(=O)c1ccccc1)C2OC(=O)c1ccccc1. The molecule has 4 heteroatoms. The zero-order chi connectivity index (χ0) is 29.9. The lowest BCUT2D eigenvalue weighted by atomic mass is 9.37. The van der Waals surface area contributed by atoms with Crippen molar-refractivity contribution in [2.24, 2.45) is 10.8 Å². The van der Waals surface area contributed by atoms with E-state index in [2.05, 4.69) is 90.1 Å². The molecular formula is C38H38O4. The minimum absolute atomic E-state index is 0.434. The average Bonchev–Trinajstić information content (AvgIpc) is 2.97. The molecule has 2 unspecified atom stereocenters. The Balaban J connectivity index is 1.71. The fourth-order valence-corrected chi connectivity index (χ4v) is 7.98. The number of rotatable bonds is 4. The van der Waals surface area contributed by atoms with Crippen LogP contribution in [0.5, 0.6) is 0 Å². The summed E-state index contributed by atoms with van der Waals surface area (Å²) in [6.07, 6.45) is -1.61. The molecule has 0 aliphatic heterocycles. The van der Waals surface area contributed by atoms with Gasteiger partial charge in [-0.2, -0.15) is 0 Å². The highest BCUT2D eigenvalue weighted by Gasteiger charge is 2.74. The van der Waals surface area contributed by atoms with Crippen LogP contribution in [-0.4, -0.2) is 24.1 Å². The molecule has 4 nitrogen and oxygen atoms in total. The van der Waals surface area contributed by atoms with E-state index < -0.39 is 45.8 Å². The summed E-state index contributed by atoms with van der Waals surface area (Å²) in [7, 11) is 0. The van der Waals surface area contributed by atoms with Crippen molar-refractivity contribution in [3.05, 3.63) is 143 Å². The number of carbonyl (C=O) groups is 2. The van der Waals surface area contributed by atoms with E-state index in [-0.39, 0.29) is 0 Å². The second kappa shape index (κ2) is 9.69. The first-order chi connectivity index (χ1) is 20.0. The van der Waals surface area contributed by atoms with Gasteiger partial charge in [-0.1, -0.05) is 126 Å². The molecule has 42 heavy (non-hydrogen) atoms. The van der Waals surface area contributed by atoms with Gasteiger partial charge in [0.05, 0.1) is 22.0 Å². The second-order valence-electron chi connectivity index (χ2n) is 13.6. The first-order valence-electron chi connectivity index (χ1n) is 14.7. The van der Waals surface area contributed by atoms with Gasteiger partial charge in [0.25, 0.3) is 0 Å². The molecular weight excluding hydrogens is 520 g/mol. The van der Waals surface area contributed by atoms with Crippen LogP contribution in [0, 0.1) is 10.8 Å². The molecule has 0 fully saturated rings.